The van der Waals surface area contributed by atoms with E-state index in [1.165, 1.54) is 25.7 Å². The molecule has 1 aliphatic carbocycles. The fourth-order valence-electron chi connectivity index (χ4n) is 4.62. The second-order valence-corrected chi connectivity index (χ2v) is 8.67. The summed E-state index contributed by atoms with van der Waals surface area (Å²) in [5, 5.41) is 3.85. The minimum Gasteiger partial charge on any atom is -0.444 e. The van der Waals surface area contributed by atoms with Gasteiger partial charge in [0.1, 0.15) is 5.60 Å². The summed E-state index contributed by atoms with van der Waals surface area (Å²) in [5.41, 5.74) is -0.420. The van der Waals surface area contributed by atoms with E-state index < -0.39 is 5.60 Å². The zero-order chi connectivity index (χ0) is 17.2. The lowest BCUT2D eigenvalue weighted by Gasteiger charge is -2.36. The van der Waals surface area contributed by atoms with Crippen molar-refractivity contribution in [3.63, 3.8) is 0 Å². The standard InChI is InChI=1S/C19H34N2O3/c1-19(2,3)24-18(22)21-11-5-10-17(21)15-8-4-9-16(15)20-14-7-6-12-23-13-14/h14-17,20H,4-13H2,1-3H3. The molecule has 5 nitrogen and oxygen atoms in total. The molecule has 3 aliphatic rings. The Morgan fingerprint density at radius 3 is 2.67 bits per heavy atom. The normalized spacial score (nSPS) is 34.5. The van der Waals surface area contributed by atoms with Crippen molar-refractivity contribution >= 4 is 6.09 Å². The predicted molar refractivity (Wildman–Crippen MR) is 94.1 cm³/mol. The predicted octanol–water partition coefficient (Wildman–Crippen LogP) is 3.32. The SMILES string of the molecule is CC(C)(C)OC(=O)N1CCCC1C1CCCC1NC1CCCOC1. The summed E-state index contributed by atoms with van der Waals surface area (Å²) < 4.78 is 11.3. The van der Waals surface area contributed by atoms with Gasteiger partial charge in [-0.3, -0.25) is 0 Å². The van der Waals surface area contributed by atoms with Crippen molar-refractivity contribution in [1.29, 1.82) is 0 Å². The highest BCUT2D eigenvalue weighted by molar-refractivity contribution is 5.69. The summed E-state index contributed by atoms with van der Waals surface area (Å²) in [6.07, 6.45) is 8.15. The van der Waals surface area contributed by atoms with Crippen LogP contribution in [0.5, 0.6) is 0 Å². The maximum Gasteiger partial charge on any atom is 0.410 e. The molecule has 24 heavy (non-hydrogen) atoms. The van der Waals surface area contributed by atoms with Gasteiger partial charge in [-0.1, -0.05) is 6.42 Å². The van der Waals surface area contributed by atoms with E-state index in [1.807, 2.05) is 25.7 Å². The molecule has 0 aromatic heterocycles. The van der Waals surface area contributed by atoms with Crippen LogP contribution in [0, 0.1) is 5.92 Å². The van der Waals surface area contributed by atoms with Crippen molar-refractivity contribution in [1.82, 2.24) is 10.2 Å². The Labute approximate surface area is 146 Å². The van der Waals surface area contributed by atoms with Gasteiger partial charge in [-0.05, 0) is 65.2 Å². The number of ether oxygens (including phenoxy) is 2. The van der Waals surface area contributed by atoms with Crippen molar-refractivity contribution in [2.75, 3.05) is 19.8 Å². The molecule has 3 fully saturated rings. The van der Waals surface area contributed by atoms with Crippen LogP contribution >= 0.6 is 0 Å². The van der Waals surface area contributed by atoms with Crippen molar-refractivity contribution in [3.05, 3.63) is 0 Å². The molecule has 2 aliphatic heterocycles. The molecule has 2 saturated heterocycles. The number of rotatable bonds is 3. The summed E-state index contributed by atoms with van der Waals surface area (Å²) >= 11 is 0. The molecule has 138 valence electrons. The number of likely N-dealkylation sites (tertiary alicyclic amines) is 1. The molecular weight excluding hydrogens is 304 g/mol. The van der Waals surface area contributed by atoms with Gasteiger partial charge >= 0.3 is 6.09 Å². The number of nitrogens with one attached hydrogen (secondary N) is 1. The monoisotopic (exact) mass is 338 g/mol. The summed E-state index contributed by atoms with van der Waals surface area (Å²) in [6, 6.07) is 1.34. The fraction of sp³-hybridized carbons (Fsp3) is 0.947. The first-order valence-corrected chi connectivity index (χ1v) is 9.77. The van der Waals surface area contributed by atoms with Crippen molar-refractivity contribution in [3.8, 4) is 0 Å². The first-order chi connectivity index (χ1) is 11.4. The molecule has 4 atom stereocenters. The summed E-state index contributed by atoms with van der Waals surface area (Å²) in [4.78, 5) is 14.6. The molecule has 0 radical (unpaired) electrons. The van der Waals surface area contributed by atoms with Gasteiger partial charge in [-0.2, -0.15) is 0 Å². The largest absolute Gasteiger partial charge is 0.444 e. The Morgan fingerprint density at radius 1 is 1.12 bits per heavy atom. The van der Waals surface area contributed by atoms with Crippen LogP contribution in [0.15, 0.2) is 0 Å². The van der Waals surface area contributed by atoms with Crippen molar-refractivity contribution in [2.24, 2.45) is 5.92 Å². The molecular formula is C19H34N2O3. The van der Waals surface area contributed by atoms with E-state index in [4.69, 9.17) is 9.47 Å². The molecule has 0 bridgehead atoms. The quantitative estimate of drug-likeness (QED) is 0.858. The molecule has 0 aromatic carbocycles. The molecule has 4 unspecified atom stereocenters. The molecule has 2 heterocycles. The van der Waals surface area contributed by atoms with Gasteiger partial charge in [0.2, 0.25) is 0 Å². The molecule has 1 N–H and O–H groups in total. The van der Waals surface area contributed by atoms with E-state index in [1.54, 1.807) is 0 Å². The van der Waals surface area contributed by atoms with Gasteiger partial charge in [0.25, 0.3) is 0 Å². The van der Waals surface area contributed by atoms with Crippen LogP contribution in [-0.4, -0.2) is 54.5 Å². The van der Waals surface area contributed by atoms with E-state index in [0.29, 0.717) is 24.0 Å². The molecule has 1 amide bonds. The molecule has 5 heteroatoms. The van der Waals surface area contributed by atoms with Crippen LogP contribution in [0.2, 0.25) is 0 Å². The van der Waals surface area contributed by atoms with Crippen LogP contribution in [-0.2, 0) is 9.47 Å². The second kappa shape index (κ2) is 7.61. The second-order valence-electron chi connectivity index (χ2n) is 8.67. The van der Waals surface area contributed by atoms with Crippen LogP contribution in [0.1, 0.15) is 65.7 Å². The number of hydrogen-bond donors (Lipinski definition) is 1. The average molecular weight is 338 g/mol. The van der Waals surface area contributed by atoms with Crippen LogP contribution < -0.4 is 5.32 Å². The van der Waals surface area contributed by atoms with Gasteiger partial charge in [0.15, 0.2) is 0 Å². The zero-order valence-corrected chi connectivity index (χ0v) is 15.6. The van der Waals surface area contributed by atoms with Gasteiger partial charge in [0.05, 0.1) is 6.61 Å². The van der Waals surface area contributed by atoms with Crippen LogP contribution in [0.25, 0.3) is 0 Å². The third-order valence-corrected chi connectivity index (χ3v) is 5.60. The topological polar surface area (TPSA) is 50.8 Å². The molecule has 3 rings (SSSR count). The number of nitrogens with zero attached hydrogens (tertiary/aromatic N) is 1. The number of hydrogen-bond acceptors (Lipinski definition) is 4. The first kappa shape index (κ1) is 18.0. The highest BCUT2D eigenvalue weighted by Crippen LogP contribution is 2.37. The average Bonchev–Trinajstić information content (AvgIpc) is 3.14. The number of carbonyl (C=O) groups is 1. The maximum atomic E-state index is 12.6. The minimum atomic E-state index is -0.420. The number of amides is 1. The van der Waals surface area contributed by atoms with E-state index >= 15 is 0 Å². The van der Waals surface area contributed by atoms with E-state index in [2.05, 4.69) is 5.32 Å². The molecule has 0 aromatic rings. The van der Waals surface area contributed by atoms with Gasteiger partial charge in [0, 0.05) is 31.3 Å². The molecule has 0 spiro atoms. The van der Waals surface area contributed by atoms with Crippen molar-refractivity contribution < 1.29 is 14.3 Å². The Balaban J connectivity index is 1.61. The third-order valence-electron chi connectivity index (χ3n) is 5.60. The summed E-state index contributed by atoms with van der Waals surface area (Å²) in [5.74, 6) is 0.557. The van der Waals surface area contributed by atoms with Crippen molar-refractivity contribution in [2.45, 2.75) is 89.4 Å². The lowest BCUT2D eigenvalue weighted by molar-refractivity contribution is 0.0153. The smallest absolute Gasteiger partial charge is 0.410 e. The molecule has 1 saturated carbocycles. The van der Waals surface area contributed by atoms with Gasteiger partial charge in [-0.15, -0.1) is 0 Å². The Morgan fingerprint density at radius 2 is 1.96 bits per heavy atom. The van der Waals surface area contributed by atoms with Gasteiger partial charge < -0.3 is 19.7 Å². The van der Waals surface area contributed by atoms with E-state index in [-0.39, 0.29) is 6.09 Å². The highest BCUT2D eigenvalue weighted by Gasteiger charge is 2.42. The van der Waals surface area contributed by atoms with E-state index in [9.17, 15) is 4.79 Å². The summed E-state index contributed by atoms with van der Waals surface area (Å²) in [6.45, 7) is 8.41. The highest BCUT2D eigenvalue weighted by atomic mass is 16.6. The van der Waals surface area contributed by atoms with Gasteiger partial charge in [-0.25, -0.2) is 4.79 Å². The summed E-state index contributed by atoms with van der Waals surface area (Å²) in [7, 11) is 0. The van der Waals surface area contributed by atoms with Crippen LogP contribution in [0.4, 0.5) is 4.79 Å². The Hall–Kier alpha value is -0.810. The number of carbonyl (C=O) groups excluding carboxylic acids is 1. The lowest BCUT2D eigenvalue weighted by Crippen LogP contribution is -2.51. The fourth-order valence-corrected chi connectivity index (χ4v) is 4.62. The maximum absolute atomic E-state index is 12.6. The zero-order valence-electron chi connectivity index (χ0n) is 15.6. The lowest BCUT2D eigenvalue weighted by atomic mass is 9.91. The first-order valence-electron chi connectivity index (χ1n) is 9.77. The minimum absolute atomic E-state index is 0.128. The Bertz CT molecular complexity index is 429. The Kier molecular flexibility index (Phi) is 5.70. The van der Waals surface area contributed by atoms with Crippen LogP contribution in [0.3, 0.4) is 0 Å². The van der Waals surface area contributed by atoms with E-state index in [0.717, 1.165) is 39.0 Å². The third kappa shape index (κ3) is 4.42.